The van der Waals surface area contributed by atoms with Crippen molar-refractivity contribution in [2.45, 2.75) is 32.1 Å². The topological polar surface area (TPSA) is 68.1 Å². The van der Waals surface area contributed by atoms with E-state index < -0.39 is 0 Å². The predicted molar refractivity (Wildman–Crippen MR) is 94.7 cm³/mol. The van der Waals surface area contributed by atoms with Gasteiger partial charge >= 0.3 is 0 Å². The lowest BCUT2D eigenvalue weighted by Gasteiger charge is -2.34. The van der Waals surface area contributed by atoms with E-state index in [9.17, 15) is 0 Å². The van der Waals surface area contributed by atoms with Gasteiger partial charge in [0.05, 0.1) is 5.56 Å². The second-order valence-corrected chi connectivity index (χ2v) is 6.78. The van der Waals surface area contributed by atoms with Crippen molar-refractivity contribution >= 4 is 17.9 Å². The molecule has 0 radical (unpaired) electrons. The first-order chi connectivity index (χ1) is 11.3. The molecule has 2 fully saturated rings. The molecule has 0 bridgehead atoms. The third-order valence-electron chi connectivity index (χ3n) is 5.09. The Hall–Kier alpha value is -1.69. The van der Waals surface area contributed by atoms with Crippen LogP contribution in [0.15, 0.2) is 6.33 Å². The van der Waals surface area contributed by atoms with Gasteiger partial charge in [-0.3, -0.25) is 0 Å². The normalized spacial score (nSPS) is 20.5. The highest BCUT2D eigenvalue weighted by Gasteiger charge is 2.20. The molecule has 0 aromatic carbocycles. The van der Waals surface area contributed by atoms with Crippen molar-refractivity contribution in [1.82, 2.24) is 14.9 Å². The first-order valence-electron chi connectivity index (χ1n) is 8.80. The van der Waals surface area contributed by atoms with Gasteiger partial charge in [0.25, 0.3) is 0 Å². The predicted octanol–water partition coefficient (Wildman–Crippen LogP) is 2.22. The van der Waals surface area contributed by atoms with Crippen molar-refractivity contribution in [3.8, 4) is 0 Å². The van der Waals surface area contributed by atoms with Crippen molar-refractivity contribution in [3.05, 3.63) is 11.9 Å². The summed E-state index contributed by atoms with van der Waals surface area (Å²) in [7, 11) is 2.14. The molecular weight excluding hydrogens is 288 g/mol. The molecule has 23 heavy (non-hydrogen) atoms. The molecule has 3 rings (SSSR count). The SMILES string of the molecule is CN1CCN(c2ncnc(NCC3CCCCC3)c2C=N)CC1. The van der Waals surface area contributed by atoms with Crippen molar-refractivity contribution in [2.75, 3.05) is 50.0 Å². The Labute approximate surface area is 138 Å². The molecule has 6 nitrogen and oxygen atoms in total. The molecule has 0 atom stereocenters. The number of nitrogens with zero attached hydrogens (tertiary/aromatic N) is 4. The summed E-state index contributed by atoms with van der Waals surface area (Å²) in [6.45, 7) is 4.94. The average Bonchev–Trinajstić information content (AvgIpc) is 2.61. The highest BCUT2D eigenvalue weighted by atomic mass is 15.3. The smallest absolute Gasteiger partial charge is 0.143 e. The minimum absolute atomic E-state index is 0.740. The number of aromatic nitrogens is 2. The molecular formula is C17H28N6. The van der Waals surface area contributed by atoms with Crippen LogP contribution in [0.5, 0.6) is 0 Å². The van der Waals surface area contributed by atoms with E-state index in [-0.39, 0.29) is 0 Å². The van der Waals surface area contributed by atoms with Crippen LogP contribution in [0.3, 0.4) is 0 Å². The molecule has 0 unspecified atom stereocenters. The lowest BCUT2D eigenvalue weighted by molar-refractivity contribution is 0.312. The zero-order valence-electron chi connectivity index (χ0n) is 14.1. The van der Waals surface area contributed by atoms with Crippen molar-refractivity contribution < 1.29 is 0 Å². The van der Waals surface area contributed by atoms with Gasteiger partial charge in [0, 0.05) is 38.9 Å². The van der Waals surface area contributed by atoms with Gasteiger partial charge < -0.3 is 20.5 Å². The van der Waals surface area contributed by atoms with E-state index in [0.717, 1.165) is 55.8 Å². The van der Waals surface area contributed by atoms with Crippen LogP contribution < -0.4 is 10.2 Å². The lowest BCUT2D eigenvalue weighted by Crippen LogP contribution is -2.45. The molecule has 0 amide bonds. The Bertz CT molecular complexity index is 518. The van der Waals surface area contributed by atoms with Crippen molar-refractivity contribution in [3.63, 3.8) is 0 Å². The fourth-order valence-corrected chi connectivity index (χ4v) is 3.56. The second-order valence-electron chi connectivity index (χ2n) is 6.78. The number of likely N-dealkylation sites (N-methyl/N-ethyl adjacent to an activating group) is 1. The van der Waals surface area contributed by atoms with Crippen LogP contribution in [0.4, 0.5) is 11.6 Å². The van der Waals surface area contributed by atoms with Crippen LogP contribution in [0.1, 0.15) is 37.7 Å². The molecule has 0 spiro atoms. The van der Waals surface area contributed by atoms with Crippen LogP contribution in [0.25, 0.3) is 0 Å². The van der Waals surface area contributed by atoms with Gasteiger partial charge in [-0.15, -0.1) is 0 Å². The first-order valence-corrected chi connectivity index (χ1v) is 8.80. The third kappa shape index (κ3) is 3.99. The van der Waals surface area contributed by atoms with Crippen LogP contribution in [-0.2, 0) is 0 Å². The monoisotopic (exact) mass is 316 g/mol. The minimum Gasteiger partial charge on any atom is -0.369 e. The summed E-state index contributed by atoms with van der Waals surface area (Å²) in [6, 6.07) is 0. The number of hydrogen-bond acceptors (Lipinski definition) is 6. The zero-order chi connectivity index (χ0) is 16.1. The number of nitrogens with one attached hydrogen (secondary N) is 2. The molecule has 1 aromatic rings. The maximum atomic E-state index is 7.82. The molecule has 126 valence electrons. The van der Waals surface area contributed by atoms with E-state index >= 15 is 0 Å². The van der Waals surface area contributed by atoms with Gasteiger partial charge in [0.2, 0.25) is 0 Å². The lowest BCUT2D eigenvalue weighted by atomic mass is 9.89. The van der Waals surface area contributed by atoms with Gasteiger partial charge in [0.1, 0.15) is 18.0 Å². The maximum Gasteiger partial charge on any atom is 0.143 e. The molecule has 1 saturated heterocycles. The quantitative estimate of drug-likeness (QED) is 0.815. The van der Waals surface area contributed by atoms with Gasteiger partial charge in [-0.25, -0.2) is 9.97 Å². The Morgan fingerprint density at radius 3 is 2.61 bits per heavy atom. The summed E-state index contributed by atoms with van der Waals surface area (Å²) in [5.41, 5.74) is 0.827. The standard InChI is InChI=1S/C17H28N6/c1-22-7-9-23(10-8-22)17-15(11-18)16(20-13-21-17)19-12-14-5-3-2-4-6-14/h11,13-14,18H,2-10,12H2,1H3,(H,19,20,21). The summed E-state index contributed by atoms with van der Waals surface area (Å²) in [6.07, 6.45) is 9.72. The highest BCUT2D eigenvalue weighted by molar-refractivity contribution is 5.91. The summed E-state index contributed by atoms with van der Waals surface area (Å²) in [4.78, 5) is 13.4. The Balaban J connectivity index is 1.70. The molecule has 6 heteroatoms. The van der Waals surface area contributed by atoms with E-state index in [0.29, 0.717) is 0 Å². The summed E-state index contributed by atoms with van der Waals surface area (Å²) < 4.78 is 0. The van der Waals surface area contributed by atoms with Crippen LogP contribution >= 0.6 is 0 Å². The van der Waals surface area contributed by atoms with E-state index in [1.165, 1.54) is 38.3 Å². The number of rotatable bonds is 5. The molecule has 2 N–H and O–H groups in total. The molecule has 1 aromatic heterocycles. The number of anilines is 2. The second kappa shape index (κ2) is 7.73. The Kier molecular flexibility index (Phi) is 5.43. The van der Waals surface area contributed by atoms with Crippen LogP contribution in [0, 0.1) is 11.3 Å². The summed E-state index contributed by atoms with van der Waals surface area (Å²) in [5, 5.41) is 11.3. The Morgan fingerprint density at radius 1 is 1.17 bits per heavy atom. The average molecular weight is 316 g/mol. The fourth-order valence-electron chi connectivity index (χ4n) is 3.56. The molecule has 1 aliphatic heterocycles. The number of hydrogen-bond donors (Lipinski definition) is 2. The fraction of sp³-hybridized carbons (Fsp3) is 0.706. The summed E-state index contributed by atoms with van der Waals surface area (Å²) in [5.74, 6) is 2.45. The first kappa shape index (κ1) is 16.2. The maximum absolute atomic E-state index is 7.82. The highest BCUT2D eigenvalue weighted by Crippen LogP contribution is 2.26. The molecule has 1 saturated carbocycles. The number of piperazine rings is 1. The molecule has 1 aliphatic carbocycles. The molecule has 2 aliphatic rings. The summed E-state index contributed by atoms with van der Waals surface area (Å²) >= 11 is 0. The van der Waals surface area contributed by atoms with Crippen molar-refractivity contribution in [1.29, 1.82) is 5.41 Å². The third-order valence-corrected chi connectivity index (χ3v) is 5.09. The van der Waals surface area contributed by atoms with Crippen LogP contribution in [-0.4, -0.2) is 60.9 Å². The van der Waals surface area contributed by atoms with E-state index in [1.54, 1.807) is 6.33 Å². The minimum atomic E-state index is 0.740. The zero-order valence-corrected chi connectivity index (χ0v) is 14.1. The molecule has 2 heterocycles. The van der Waals surface area contributed by atoms with E-state index in [4.69, 9.17) is 5.41 Å². The van der Waals surface area contributed by atoms with Crippen LogP contribution in [0.2, 0.25) is 0 Å². The Morgan fingerprint density at radius 2 is 1.91 bits per heavy atom. The van der Waals surface area contributed by atoms with Gasteiger partial charge in [-0.05, 0) is 25.8 Å². The van der Waals surface area contributed by atoms with E-state index in [1.807, 2.05) is 0 Å². The van der Waals surface area contributed by atoms with Gasteiger partial charge in [-0.1, -0.05) is 19.3 Å². The largest absolute Gasteiger partial charge is 0.369 e. The van der Waals surface area contributed by atoms with Gasteiger partial charge in [0.15, 0.2) is 0 Å². The van der Waals surface area contributed by atoms with Gasteiger partial charge in [-0.2, -0.15) is 0 Å². The van der Waals surface area contributed by atoms with E-state index in [2.05, 4.69) is 32.1 Å². The van der Waals surface area contributed by atoms with Crippen molar-refractivity contribution in [2.24, 2.45) is 5.92 Å².